The highest BCUT2D eigenvalue weighted by molar-refractivity contribution is 5.97. The van der Waals surface area contributed by atoms with Crippen LogP contribution in [0, 0.1) is 5.92 Å². The van der Waals surface area contributed by atoms with E-state index < -0.39 is 5.97 Å². The summed E-state index contributed by atoms with van der Waals surface area (Å²) in [4.78, 5) is 25.2. The highest BCUT2D eigenvalue weighted by atomic mass is 16.5. The molecule has 5 heteroatoms. The fourth-order valence-electron chi connectivity index (χ4n) is 2.81. The standard InChI is InChI=1S/C16H21NO4/c1-21-14-7-3-2-6-13(14)16(20)17-9-4-5-12(8-10-17)11-15(18)19/h2-3,6-7,12H,4-5,8-11H2,1H3,(H,18,19)/t12-/m0/s1. The molecule has 0 aliphatic carbocycles. The second kappa shape index (κ2) is 7.11. The number of benzene rings is 1. The van der Waals surface area contributed by atoms with E-state index >= 15 is 0 Å². The number of carboxylic acid groups (broad SMARTS) is 1. The maximum Gasteiger partial charge on any atom is 0.303 e. The van der Waals surface area contributed by atoms with Gasteiger partial charge >= 0.3 is 5.97 Å². The molecule has 1 N–H and O–H groups in total. The number of methoxy groups -OCH3 is 1. The van der Waals surface area contributed by atoms with Gasteiger partial charge in [-0.05, 0) is 37.3 Å². The van der Waals surface area contributed by atoms with Crippen molar-refractivity contribution in [2.45, 2.75) is 25.7 Å². The Kier molecular flexibility index (Phi) is 5.20. The Hall–Kier alpha value is -2.04. The minimum absolute atomic E-state index is 0.0385. The Balaban J connectivity index is 2.05. The van der Waals surface area contributed by atoms with Crippen molar-refractivity contribution in [2.24, 2.45) is 5.92 Å². The Labute approximate surface area is 124 Å². The molecule has 114 valence electrons. The third-order valence-corrected chi connectivity index (χ3v) is 3.94. The number of amides is 1. The average molecular weight is 291 g/mol. The van der Waals surface area contributed by atoms with Crippen molar-refractivity contribution in [3.8, 4) is 5.75 Å². The molecule has 1 fully saturated rings. The Bertz CT molecular complexity index is 515. The molecule has 1 aromatic rings. The zero-order valence-electron chi connectivity index (χ0n) is 12.2. The minimum Gasteiger partial charge on any atom is -0.496 e. The van der Waals surface area contributed by atoms with E-state index in [4.69, 9.17) is 9.84 Å². The predicted octanol–water partition coefficient (Wildman–Crippen LogP) is 2.41. The summed E-state index contributed by atoms with van der Waals surface area (Å²) in [5.41, 5.74) is 0.566. The maximum absolute atomic E-state index is 12.6. The zero-order chi connectivity index (χ0) is 15.2. The molecule has 1 atom stereocenters. The smallest absolute Gasteiger partial charge is 0.303 e. The molecule has 2 rings (SSSR count). The third kappa shape index (κ3) is 3.97. The predicted molar refractivity (Wildman–Crippen MR) is 78.5 cm³/mol. The molecule has 1 saturated heterocycles. The Morgan fingerprint density at radius 2 is 2.05 bits per heavy atom. The number of nitrogens with zero attached hydrogens (tertiary/aromatic N) is 1. The molecule has 1 aliphatic heterocycles. The van der Waals surface area contributed by atoms with Crippen molar-refractivity contribution in [1.29, 1.82) is 0 Å². The van der Waals surface area contributed by atoms with E-state index in [1.165, 1.54) is 0 Å². The lowest BCUT2D eigenvalue weighted by Gasteiger charge is -2.21. The highest BCUT2D eigenvalue weighted by Gasteiger charge is 2.24. The molecule has 21 heavy (non-hydrogen) atoms. The summed E-state index contributed by atoms with van der Waals surface area (Å²) in [6, 6.07) is 7.20. The van der Waals surface area contributed by atoms with Crippen molar-refractivity contribution in [1.82, 2.24) is 4.90 Å². The first-order valence-electron chi connectivity index (χ1n) is 7.26. The highest BCUT2D eigenvalue weighted by Crippen LogP contribution is 2.24. The van der Waals surface area contributed by atoms with Crippen LogP contribution in [-0.2, 0) is 4.79 Å². The summed E-state index contributed by atoms with van der Waals surface area (Å²) in [5.74, 6) is -0.0558. The molecule has 0 spiro atoms. The molecule has 0 saturated carbocycles. The van der Waals surface area contributed by atoms with Crippen LogP contribution in [0.5, 0.6) is 5.75 Å². The first-order chi connectivity index (χ1) is 10.1. The summed E-state index contributed by atoms with van der Waals surface area (Å²) < 4.78 is 5.24. The zero-order valence-corrected chi connectivity index (χ0v) is 12.2. The van der Waals surface area contributed by atoms with Gasteiger partial charge in [-0.1, -0.05) is 12.1 Å². The topological polar surface area (TPSA) is 66.8 Å². The van der Waals surface area contributed by atoms with Crippen LogP contribution in [0.15, 0.2) is 24.3 Å². The SMILES string of the molecule is COc1ccccc1C(=O)N1CCC[C@H](CC(=O)O)CC1. The van der Waals surface area contributed by atoms with Crippen molar-refractivity contribution >= 4 is 11.9 Å². The largest absolute Gasteiger partial charge is 0.496 e. The van der Waals surface area contributed by atoms with E-state index in [2.05, 4.69) is 0 Å². The molecule has 0 radical (unpaired) electrons. The van der Waals surface area contributed by atoms with Crippen LogP contribution in [0.2, 0.25) is 0 Å². The molecule has 0 bridgehead atoms. The number of aliphatic carboxylic acids is 1. The molecule has 0 unspecified atom stereocenters. The van der Waals surface area contributed by atoms with Gasteiger partial charge in [0.1, 0.15) is 5.75 Å². The van der Waals surface area contributed by atoms with Gasteiger partial charge in [0.15, 0.2) is 0 Å². The van der Waals surface area contributed by atoms with Crippen molar-refractivity contribution < 1.29 is 19.4 Å². The number of hydrogen-bond donors (Lipinski definition) is 1. The van der Waals surface area contributed by atoms with Gasteiger partial charge in [-0.25, -0.2) is 0 Å². The molecule has 1 aliphatic rings. The van der Waals surface area contributed by atoms with Gasteiger partial charge in [-0.2, -0.15) is 0 Å². The molecule has 0 aromatic heterocycles. The van der Waals surface area contributed by atoms with Crippen molar-refractivity contribution in [2.75, 3.05) is 20.2 Å². The number of carbonyl (C=O) groups is 2. The summed E-state index contributed by atoms with van der Waals surface area (Å²) in [7, 11) is 1.55. The second-order valence-corrected chi connectivity index (χ2v) is 5.39. The third-order valence-electron chi connectivity index (χ3n) is 3.94. The summed E-state index contributed by atoms with van der Waals surface area (Å²) in [6.45, 7) is 1.28. The van der Waals surface area contributed by atoms with E-state index in [0.29, 0.717) is 24.4 Å². The van der Waals surface area contributed by atoms with Crippen LogP contribution >= 0.6 is 0 Å². The van der Waals surface area contributed by atoms with E-state index in [1.807, 2.05) is 12.1 Å². The van der Waals surface area contributed by atoms with Gasteiger partial charge in [0.05, 0.1) is 12.7 Å². The van der Waals surface area contributed by atoms with Gasteiger partial charge in [0.2, 0.25) is 0 Å². The Morgan fingerprint density at radius 1 is 1.29 bits per heavy atom. The van der Waals surface area contributed by atoms with Gasteiger partial charge in [-0.3, -0.25) is 9.59 Å². The quantitative estimate of drug-likeness (QED) is 0.925. The first kappa shape index (κ1) is 15.4. The van der Waals surface area contributed by atoms with E-state index in [9.17, 15) is 9.59 Å². The summed E-state index contributed by atoms with van der Waals surface area (Å²) in [5, 5.41) is 8.88. The van der Waals surface area contributed by atoms with Crippen molar-refractivity contribution in [3.05, 3.63) is 29.8 Å². The van der Waals surface area contributed by atoms with Crippen LogP contribution in [0.4, 0.5) is 0 Å². The van der Waals surface area contributed by atoms with Crippen molar-refractivity contribution in [3.63, 3.8) is 0 Å². The number of carbonyl (C=O) groups excluding carboxylic acids is 1. The number of hydrogen-bond acceptors (Lipinski definition) is 3. The summed E-state index contributed by atoms with van der Waals surface area (Å²) in [6.07, 6.45) is 2.64. The normalized spacial score (nSPS) is 18.9. The van der Waals surface area contributed by atoms with E-state index in [0.717, 1.165) is 19.3 Å². The Morgan fingerprint density at radius 3 is 2.76 bits per heavy atom. The maximum atomic E-state index is 12.6. The molecule has 1 amide bonds. The minimum atomic E-state index is -0.760. The van der Waals surface area contributed by atoms with E-state index in [-0.39, 0.29) is 18.2 Å². The van der Waals surface area contributed by atoms with Gasteiger partial charge in [0, 0.05) is 19.5 Å². The molecule has 5 nitrogen and oxygen atoms in total. The summed E-state index contributed by atoms with van der Waals surface area (Å²) >= 11 is 0. The second-order valence-electron chi connectivity index (χ2n) is 5.39. The van der Waals surface area contributed by atoms with Gasteiger partial charge < -0.3 is 14.7 Å². The monoisotopic (exact) mass is 291 g/mol. The fraction of sp³-hybridized carbons (Fsp3) is 0.500. The number of rotatable bonds is 4. The molecule has 1 heterocycles. The number of ether oxygens (including phenoxy) is 1. The van der Waals surface area contributed by atoms with Gasteiger partial charge in [0.25, 0.3) is 5.91 Å². The average Bonchev–Trinajstić information content (AvgIpc) is 2.71. The lowest BCUT2D eigenvalue weighted by atomic mass is 9.97. The lowest BCUT2D eigenvalue weighted by Crippen LogP contribution is -2.32. The van der Waals surface area contributed by atoms with Crippen LogP contribution < -0.4 is 4.74 Å². The molecular weight excluding hydrogens is 270 g/mol. The van der Waals surface area contributed by atoms with E-state index in [1.54, 1.807) is 24.1 Å². The molecular formula is C16H21NO4. The van der Waals surface area contributed by atoms with Crippen LogP contribution in [0.1, 0.15) is 36.0 Å². The van der Waals surface area contributed by atoms with Crippen LogP contribution in [0.3, 0.4) is 0 Å². The number of carboxylic acids is 1. The first-order valence-corrected chi connectivity index (χ1v) is 7.26. The number of para-hydroxylation sites is 1. The van der Waals surface area contributed by atoms with Gasteiger partial charge in [-0.15, -0.1) is 0 Å². The van der Waals surface area contributed by atoms with Crippen LogP contribution in [0.25, 0.3) is 0 Å². The van der Waals surface area contributed by atoms with Crippen LogP contribution in [-0.4, -0.2) is 42.1 Å². The fourth-order valence-corrected chi connectivity index (χ4v) is 2.81. The molecule has 1 aromatic carbocycles. The number of likely N-dealkylation sites (tertiary alicyclic amines) is 1. The lowest BCUT2D eigenvalue weighted by molar-refractivity contribution is -0.138.